The highest BCUT2D eigenvalue weighted by molar-refractivity contribution is 5.97. The van der Waals surface area contributed by atoms with Crippen LogP contribution in [0, 0.1) is 24.2 Å². The highest BCUT2D eigenvalue weighted by atomic mass is 16.2. The van der Waals surface area contributed by atoms with E-state index in [4.69, 9.17) is 0 Å². The van der Waals surface area contributed by atoms with Crippen molar-refractivity contribution in [1.29, 1.82) is 5.26 Å². The number of hydrogen-bond acceptors (Lipinski definition) is 4. The van der Waals surface area contributed by atoms with Crippen LogP contribution in [0.5, 0.6) is 0 Å². The van der Waals surface area contributed by atoms with Crippen LogP contribution < -0.4 is 9.80 Å². The second-order valence-electron chi connectivity index (χ2n) is 6.74. The number of amides is 1. The summed E-state index contributed by atoms with van der Waals surface area (Å²) < 4.78 is 0. The van der Waals surface area contributed by atoms with Crippen molar-refractivity contribution in [2.45, 2.75) is 19.8 Å². The molecule has 1 unspecified atom stereocenters. The molecule has 25 heavy (non-hydrogen) atoms. The van der Waals surface area contributed by atoms with Gasteiger partial charge in [-0.1, -0.05) is 18.2 Å². The number of hydrogen-bond donors (Lipinski definition) is 0. The van der Waals surface area contributed by atoms with Crippen molar-refractivity contribution in [2.24, 2.45) is 5.92 Å². The van der Waals surface area contributed by atoms with E-state index in [0.717, 1.165) is 37.3 Å². The summed E-state index contributed by atoms with van der Waals surface area (Å²) in [5, 5.41) is 9.33. The predicted molar refractivity (Wildman–Crippen MR) is 96.5 cm³/mol. The van der Waals surface area contributed by atoms with E-state index in [0.29, 0.717) is 17.9 Å². The molecule has 126 valence electrons. The zero-order valence-corrected chi connectivity index (χ0v) is 14.3. The molecule has 0 radical (unpaired) electrons. The minimum atomic E-state index is -0.0417. The van der Waals surface area contributed by atoms with Gasteiger partial charge in [0.1, 0.15) is 11.9 Å². The van der Waals surface area contributed by atoms with Crippen molar-refractivity contribution in [3.05, 3.63) is 53.2 Å². The Bertz CT molecular complexity index is 870. The molecule has 3 heterocycles. The second kappa shape index (κ2) is 6.21. The highest BCUT2D eigenvalue weighted by Gasteiger charge is 2.35. The normalized spacial score (nSPS) is 19.0. The minimum absolute atomic E-state index is 0.0417. The van der Waals surface area contributed by atoms with E-state index >= 15 is 0 Å². The summed E-state index contributed by atoms with van der Waals surface area (Å²) in [6.45, 7) is 4.07. The van der Waals surface area contributed by atoms with Crippen molar-refractivity contribution in [2.75, 3.05) is 29.4 Å². The number of rotatable bonds is 2. The van der Waals surface area contributed by atoms with Crippen LogP contribution in [-0.4, -0.2) is 30.5 Å². The first kappa shape index (κ1) is 15.6. The van der Waals surface area contributed by atoms with Gasteiger partial charge >= 0.3 is 0 Å². The van der Waals surface area contributed by atoms with Gasteiger partial charge in [-0.15, -0.1) is 0 Å². The van der Waals surface area contributed by atoms with Gasteiger partial charge in [-0.25, -0.2) is 4.98 Å². The summed E-state index contributed by atoms with van der Waals surface area (Å²) in [7, 11) is 0. The van der Waals surface area contributed by atoms with Crippen molar-refractivity contribution < 1.29 is 4.79 Å². The third-order valence-electron chi connectivity index (χ3n) is 5.13. The SMILES string of the molecule is Cc1ccc(C#N)c(N2CCC(C(=O)N3CCc4ccccc43)C2)n1. The largest absolute Gasteiger partial charge is 0.355 e. The van der Waals surface area contributed by atoms with Crippen molar-refractivity contribution in [3.8, 4) is 6.07 Å². The van der Waals surface area contributed by atoms with Crippen LogP contribution in [0.25, 0.3) is 0 Å². The molecule has 1 aromatic heterocycles. The smallest absolute Gasteiger partial charge is 0.231 e. The fourth-order valence-corrected chi connectivity index (χ4v) is 3.81. The maximum absolute atomic E-state index is 13.0. The Morgan fingerprint density at radius 3 is 2.92 bits per heavy atom. The zero-order valence-electron chi connectivity index (χ0n) is 14.3. The molecule has 0 bridgehead atoms. The molecular formula is C20H20N4O. The lowest BCUT2D eigenvalue weighted by Crippen LogP contribution is -2.36. The zero-order chi connectivity index (χ0) is 17.4. The molecular weight excluding hydrogens is 312 g/mol. The predicted octanol–water partition coefficient (Wildman–Crippen LogP) is 2.68. The van der Waals surface area contributed by atoms with Gasteiger partial charge in [0, 0.05) is 31.0 Å². The fraction of sp³-hybridized carbons (Fsp3) is 0.350. The van der Waals surface area contributed by atoms with Crippen LogP contribution in [0.15, 0.2) is 36.4 Å². The summed E-state index contributed by atoms with van der Waals surface area (Å²) in [6, 6.07) is 14.0. The monoisotopic (exact) mass is 332 g/mol. The molecule has 1 saturated heterocycles. The molecule has 0 saturated carbocycles. The summed E-state index contributed by atoms with van der Waals surface area (Å²) >= 11 is 0. The van der Waals surface area contributed by atoms with Crippen LogP contribution in [0.1, 0.15) is 23.2 Å². The Labute approximate surface area is 147 Å². The van der Waals surface area contributed by atoms with E-state index < -0.39 is 0 Å². The van der Waals surface area contributed by atoms with E-state index in [2.05, 4.69) is 22.0 Å². The Hall–Kier alpha value is -2.87. The van der Waals surface area contributed by atoms with Crippen molar-refractivity contribution in [3.63, 3.8) is 0 Å². The Morgan fingerprint density at radius 1 is 1.24 bits per heavy atom. The van der Waals surface area contributed by atoms with Crippen LogP contribution >= 0.6 is 0 Å². The number of carbonyl (C=O) groups excluding carboxylic acids is 1. The molecule has 1 fully saturated rings. The second-order valence-corrected chi connectivity index (χ2v) is 6.74. The van der Waals surface area contributed by atoms with Gasteiger partial charge in [0.25, 0.3) is 0 Å². The van der Waals surface area contributed by atoms with Crippen LogP contribution in [-0.2, 0) is 11.2 Å². The van der Waals surface area contributed by atoms with Gasteiger partial charge in [-0.05, 0) is 43.5 Å². The summed E-state index contributed by atoms with van der Waals surface area (Å²) in [6.07, 6.45) is 1.73. The number of anilines is 2. The molecule has 4 rings (SSSR count). The Morgan fingerprint density at radius 2 is 2.08 bits per heavy atom. The molecule has 5 nitrogen and oxygen atoms in total. The lowest BCUT2D eigenvalue weighted by atomic mass is 10.1. The number of nitrogens with zero attached hydrogens (tertiary/aromatic N) is 4. The number of carbonyl (C=O) groups is 1. The maximum atomic E-state index is 13.0. The number of pyridine rings is 1. The van der Waals surface area contributed by atoms with E-state index in [1.807, 2.05) is 42.2 Å². The number of para-hydroxylation sites is 1. The van der Waals surface area contributed by atoms with E-state index in [1.54, 1.807) is 0 Å². The number of benzene rings is 1. The summed E-state index contributed by atoms with van der Waals surface area (Å²) in [5.74, 6) is 0.859. The molecule has 2 aromatic rings. The lowest BCUT2D eigenvalue weighted by molar-refractivity contribution is -0.121. The highest BCUT2D eigenvalue weighted by Crippen LogP contribution is 2.32. The fourth-order valence-electron chi connectivity index (χ4n) is 3.81. The van der Waals surface area contributed by atoms with E-state index in [9.17, 15) is 10.1 Å². The molecule has 0 N–H and O–H groups in total. The topological polar surface area (TPSA) is 60.2 Å². The number of aryl methyl sites for hydroxylation is 1. The molecule has 0 spiro atoms. The molecule has 1 amide bonds. The van der Waals surface area contributed by atoms with Crippen molar-refractivity contribution in [1.82, 2.24) is 4.98 Å². The molecule has 5 heteroatoms. The van der Waals surface area contributed by atoms with Crippen LogP contribution in [0.4, 0.5) is 11.5 Å². The van der Waals surface area contributed by atoms with Crippen molar-refractivity contribution >= 4 is 17.4 Å². The van der Waals surface area contributed by atoms with Gasteiger partial charge in [0.15, 0.2) is 0 Å². The first-order chi connectivity index (χ1) is 12.2. The lowest BCUT2D eigenvalue weighted by Gasteiger charge is -2.22. The first-order valence-electron chi connectivity index (χ1n) is 8.69. The molecule has 2 aliphatic heterocycles. The number of nitriles is 1. The number of fused-ring (bicyclic) bond motifs is 1. The minimum Gasteiger partial charge on any atom is -0.355 e. The molecule has 2 aliphatic rings. The Kier molecular flexibility index (Phi) is 3.89. The summed E-state index contributed by atoms with van der Waals surface area (Å²) in [4.78, 5) is 21.6. The van der Waals surface area contributed by atoms with E-state index in [-0.39, 0.29) is 11.8 Å². The molecule has 0 aliphatic carbocycles. The van der Waals surface area contributed by atoms with Gasteiger partial charge in [0.05, 0.1) is 11.5 Å². The number of aromatic nitrogens is 1. The third kappa shape index (κ3) is 2.74. The quantitative estimate of drug-likeness (QED) is 0.848. The van der Waals surface area contributed by atoms with E-state index in [1.165, 1.54) is 5.56 Å². The van der Waals surface area contributed by atoms with Crippen LogP contribution in [0.2, 0.25) is 0 Å². The summed E-state index contributed by atoms with van der Waals surface area (Å²) in [5.41, 5.74) is 3.76. The first-order valence-corrected chi connectivity index (χ1v) is 8.69. The average molecular weight is 332 g/mol. The van der Waals surface area contributed by atoms with Gasteiger partial charge in [-0.2, -0.15) is 5.26 Å². The molecule has 1 atom stereocenters. The van der Waals surface area contributed by atoms with Gasteiger partial charge < -0.3 is 9.80 Å². The third-order valence-corrected chi connectivity index (χ3v) is 5.13. The standard InChI is InChI=1S/C20H20N4O/c1-14-6-7-16(12-21)19(22-14)23-10-8-17(13-23)20(25)24-11-9-15-4-2-3-5-18(15)24/h2-7,17H,8-11,13H2,1H3. The van der Waals surface area contributed by atoms with Crippen LogP contribution in [0.3, 0.4) is 0 Å². The van der Waals surface area contributed by atoms with Gasteiger partial charge in [-0.3, -0.25) is 4.79 Å². The average Bonchev–Trinajstić information content (AvgIpc) is 3.28. The molecule has 1 aromatic carbocycles. The maximum Gasteiger partial charge on any atom is 0.231 e. The Balaban J connectivity index is 1.53. The van der Waals surface area contributed by atoms with Gasteiger partial charge in [0.2, 0.25) is 5.91 Å².